The summed E-state index contributed by atoms with van der Waals surface area (Å²) in [5.74, 6) is 0.611. The van der Waals surface area contributed by atoms with Crippen LogP contribution in [0.4, 0.5) is 0 Å². The Morgan fingerprint density at radius 2 is 2.25 bits per heavy atom. The van der Waals surface area contributed by atoms with Gasteiger partial charge in [0, 0.05) is 0 Å². The van der Waals surface area contributed by atoms with Crippen LogP contribution >= 0.6 is 0 Å². The van der Waals surface area contributed by atoms with E-state index in [1.54, 1.807) is 6.07 Å². The van der Waals surface area contributed by atoms with Crippen LogP contribution in [-0.2, 0) is 6.54 Å². The number of furan rings is 1. The van der Waals surface area contributed by atoms with Crippen LogP contribution in [-0.4, -0.2) is 42.2 Å². The average molecular weight is 280 g/mol. The lowest BCUT2D eigenvalue weighted by molar-refractivity contribution is 0.0696. The quantitative estimate of drug-likeness (QED) is 0.749. The summed E-state index contributed by atoms with van der Waals surface area (Å²) in [6.45, 7) is 7.42. The molecule has 0 amide bonds. The lowest BCUT2D eigenvalue weighted by atomic mass is 9.99. The van der Waals surface area contributed by atoms with E-state index in [0.717, 1.165) is 25.4 Å². The van der Waals surface area contributed by atoms with Gasteiger partial charge in [-0.3, -0.25) is 0 Å². The topological polar surface area (TPSA) is 65.7 Å². The summed E-state index contributed by atoms with van der Waals surface area (Å²) in [6.07, 6.45) is 5.03. The molecule has 0 saturated carbocycles. The highest BCUT2D eigenvalue weighted by Gasteiger charge is 2.14. The zero-order valence-corrected chi connectivity index (χ0v) is 12.1. The molecule has 2 heterocycles. The normalized spacial score (nSPS) is 17.4. The van der Waals surface area contributed by atoms with Crippen LogP contribution in [0.3, 0.4) is 0 Å². The van der Waals surface area contributed by atoms with Gasteiger partial charge in [-0.15, -0.1) is 0 Å². The third-order valence-electron chi connectivity index (χ3n) is 3.90. The zero-order valence-electron chi connectivity index (χ0n) is 12.1. The number of nitrogens with one attached hydrogen (secondary N) is 1. The van der Waals surface area contributed by atoms with Crippen LogP contribution in [0.5, 0.6) is 0 Å². The molecule has 0 aromatic carbocycles. The summed E-state index contributed by atoms with van der Waals surface area (Å²) in [6, 6.07) is 1.57. The molecule has 0 unspecified atom stereocenters. The first-order valence-electron chi connectivity index (χ1n) is 7.39. The number of piperidine rings is 1. The average Bonchev–Trinajstić information content (AvgIpc) is 2.89. The van der Waals surface area contributed by atoms with E-state index in [2.05, 4.69) is 17.1 Å². The molecule has 0 aliphatic carbocycles. The van der Waals surface area contributed by atoms with Gasteiger partial charge < -0.3 is 19.7 Å². The minimum atomic E-state index is -0.945. The first-order valence-corrected chi connectivity index (χ1v) is 7.39. The third-order valence-corrected chi connectivity index (χ3v) is 3.90. The van der Waals surface area contributed by atoms with E-state index < -0.39 is 5.97 Å². The monoisotopic (exact) mass is 280 g/mol. The lowest BCUT2D eigenvalue weighted by Gasteiger charge is -2.30. The van der Waals surface area contributed by atoms with Gasteiger partial charge in [0.15, 0.2) is 0 Å². The maximum Gasteiger partial charge on any atom is 0.338 e. The smallest absolute Gasteiger partial charge is 0.338 e. The van der Waals surface area contributed by atoms with Crippen LogP contribution in [0, 0.1) is 5.92 Å². The second kappa shape index (κ2) is 7.45. The van der Waals surface area contributed by atoms with Gasteiger partial charge in [0.25, 0.3) is 0 Å². The lowest BCUT2D eigenvalue weighted by Crippen LogP contribution is -2.34. The van der Waals surface area contributed by atoms with Crippen LogP contribution in [0.2, 0.25) is 0 Å². The summed E-state index contributed by atoms with van der Waals surface area (Å²) in [5, 5.41) is 12.1. The molecule has 0 bridgehead atoms. The van der Waals surface area contributed by atoms with Crippen LogP contribution in [0.15, 0.2) is 16.7 Å². The number of aromatic carboxylic acids is 1. The molecule has 1 fully saturated rings. The summed E-state index contributed by atoms with van der Waals surface area (Å²) in [4.78, 5) is 13.2. The summed E-state index contributed by atoms with van der Waals surface area (Å²) >= 11 is 0. The number of likely N-dealkylation sites (tertiary alicyclic amines) is 1. The minimum absolute atomic E-state index is 0.212. The van der Waals surface area contributed by atoms with Crippen LogP contribution in [0.1, 0.15) is 42.3 Å². The molecule has 5 heteroatoms. The van der Waals surface area contributed by atoms with Crippen molar-refractivity contribution in [3.63, 3.8) is 0 Å². The molecule has 112 valence electrons. The van der Waals surface area contributed by atoms with Gasteiger partial charge >= 0.3 is 5.97 Å². The van der Waals surface area contributed by atoms with E-state index in [0.29, 0.717) is 12.3 Å². The third kappa shape index (κ3) is 4.65. The van der Waals surface area contributed by atoms with Crippen molar-refractivity contribution in [2.45, 2.75) is 32.7 Å². The Balaban J connectivity index is 1.56. The molecule has 0 radical (unpaired) electrons. The van der Waals surface area contributed by atoms with Crippen LogP contribution < -0.4 is 5.32 Å². The molecule has 5 nitrogen and oxygen atoms in total. The van der Waals surface area contributed by atoms with Gasteiger partial charge in [-0.2, -0.15) is 0 Å². The molecule has 1 aliphatic heterocycles. The van der Waals surface area contributed by atoms with Gasteiger partial charge in [0.1, 0.15) is 12.0 Å². The van der Waals surface area contributed by atoms with Crippen molar-refractivity contribution in [2.24, 2.45) is 5.92 Å². The highest BCUT2D eigenvalue weighted by Crippen LogP contribution is 2.15. The Morgan fingerprint density at radius 3 is 2.90 bits per heavy atom. The summed E-state index contributed by atoms with van der Waals surface area (Å²) in [7, 11) is 0. The molecule has 1 saturated heterocycles. The maximum absolute atomic E-state index is 10.7. The number of carboxylic acids is 1. The first kappa shape index (κ1) is 15.1. The number of carboxylic acid groups (broad SMARTS) is 1. The SMILES string of the molecule is CC1CCN(CCCNCc2cc(C(=O)O)co2)CC1. The molecule has 20 heavy (non-hydrogen) atoms. The van der Waals surface area contributed by atoms with Gasteiger partial charge in [-0.25, -0.2) is 4.79 Å². The predicted molar refractivity (Wildman–Crippen MR) is 76.8 cm³/mol. The van der Waals surface area contributed by atoms with Crippen molar-refractivity contribution in [1.82, 2.24) is 10.2 Å². The van der Waals surface area contributed by atoms with Gasteiger partial charge in [0.2, 0.25) is 0 Å². The number of hydrogen-bond acceptors (Lipinski definition) is 4. The Hall–Kier alpha value is -1.33. The van der Waals surface area contributed by atoms with E-state index in [4.69, 9.17) is 9.52 Å². The fraction of sp³-hybridized carbons (Fsp3) is 0.667. The zero-order chi connectivity index (χ0) is 14.4. The molecule has 1 aliphatic rings. The van der Waals surface area contributed by atoms with Crippen molar-refractivity contribution in [2.75, 3.05) is 26.2 Å². The summed E-state index contributed by atoms with van der Waals surface area (Å²) in [5.41, 5.74) is 0.212. The molecule has 1 aromatic rings. The Kier molecular flexibility index (Phi) is 5.61. The maximum atomic E-state index is 10.7. The number of carbonyl (C=O) groups is 1. The van der Waals surface area contributed by atoms with Crippen molar-refractivity contribution >= 4 is 5.97 Å². The predicted octanol–water partition coefficient (Wildman–Crippen LogP) is 2.19. The highest BCUT2D eigenvalue weighted by atomic mass is 16.4. The Bertz CT molecular complexity index is 423. The molecule has 0 spiro atoms. The fourth-order valence-corrected chi connectivity index (χ4v) is 2.51. The highest BCUT2D eigenvalue weighted by molar-refractivity contribution is 5.87. The molecule has 1 aromatic heterocycles. The summed E-state index contributed by atoms with van der Waals surface area (Å²) < 4.78 is 5.18. The fourth-order valence-electron chi connectivity index (χ4n) is 2.51. The van der Waals surface area contributed by atoms with E-state index in [9.17, 15) is 4.79 Å². The van der Waals surface area contributed by atoms with Gasteiger partial charge in [-0.1, -0.05) is 6.92 Å². The van der Waals surface area contributed by atoms with Crippen LogP contribution in [0.25, 0.3) is 0 Å². The number of nitrogens with zero attached hydrogens (tertiary/aromatic N) is 1. The number of hydrogen-bond donors (Lipinski definition) is 2. The number of rotatable bonds is 7. The first-order chi connectivity index (χ1) is 9.65. The van der Waals surface area contributed by atoms with E-state index >= 15 is 0 Å². The van der Waals surface area contributed by atoms with Crippen molar-refractivity contribution in [3.8, 4) is 0 Å². The largest absolute Gasteiger partial charge is 0.478 e. The second-order valence-electron chi connectivity index (χ2n) is 5.66. The van der Waals surface area contributed by atoms with Crippen molar-refractivity contribution < 1.29 is 14.3 Å². The van der Waals surface area contributed by atoms with Crippen molar-refractivity contribution in [1.29, 1.82) is 0 Å². The molecule has 0 atom stereocenters. The Labute approximate surface area is 119 Å². The Morgan fingerprint density at radius 1 is 1.50 bits per heavy atom. The van der Waals surface area contributed by atoms with Gasteiger partial charge in [-0.05, 0) is 57.4 Å². The van der Waals surface area contributed by atoms with E-state index in [1.165, 1.54) is 32.2 Å². The second-order valence-corrected chi connectivity index (χ2v) is 5.66. The molecule has 2 N–H and O–H groups in total. The molecular formula is C15H24N2O3. The van der Waals surface area contributed by atoms with E-state index in [1.807, 2.05) is 0 Å². The van der Waals surface area contributed by atoms with E-state index in [-0.39, 0.29) is 5.56 Å². The molecular weight excluding hydrogens is 256 g/mol. The van der Waals surface area contributed by atoms with Gasteiger partial charge in [0.05, 0.1) is 12.1 Å². The van der Waals surface area contributed by atoms with Crippen molar-refractivity contribution in [3.05, 3.63) is 23.7 Å². The standard InChI is InChI=1S/C15H24N2O3/c1-12-3-7-17(8-4-12)6-2-5-16-10-14-9-13(11-20-14)15(18)19/h9,11-12,16H,2-8,10H2,1H3,(H,18,19). The molecule has 2 rings (SSSR count). The minimum Gasteiger partial charge on any atom is -0.478 e.